The summed E-state index contributed by atoms with van der Waals surface area (Å²) in [5.74, 6) is -14.2. The summed E-state index contributed by atoms with van der Waals surface area (Å²) >= 11 is 0. The molecule has 6 fully saturated rings. The van der Waals surface area contributed by atoms with Crippen LogP contribution in [0.5, 0.6) is 0 Å². The fourth-order valence-corrected chi connectivity index (χ4v) is 7.53. The van der Waals surface area contributed by atoms with E-state index in [9.17, 15) is 39.0 Å². The number of carboxylic acids is 2. The third-order valence-electron chi connectivity index (χ3n) is 9.13. The molecule has 12 unspecified atom stereocenters. The molecule has 6 aliphatic rings. The fourth-order valence-electron chi connectivity index (χ4n) is 7.53. The predicted molar refractivity (Wildman–Crippen MR) is 112 cm³/mol. The summed E-state index contributed by atoms with van der Waals surface area (Å²) in [6.07, 6.45) is -0.882. The highest BCUT2D eigenvalue weighted by Crippen LogP contribution is 2.49. The van der Waals surface area contributed by atoms with Crippen molar-refractivity contribution in [1.29, 1.82) is 0 Å². The van der Waals surface area contributed by atoms with Crippen molar-refractivity contribution in [2.24, 2.45) is 53.3 Å². The molecule has 0 amide bonds. The maximum Gasteiger partial charge on any atom is 0.320 e. The second kappa shape index (κ2) is 8.84. The number of ether oxygens (including phenoxy) is 5. The number of carbonyl (C=O) groups excluding carboxylic acids is 4. The maximum absolute atomic E-state index is 13.1. The number of rotatable bonds is 6. The van der Waals surface area contributed by atoms with Gasteiger partial charge < -0.3 is 33.9 Å². The topological polar surface area (TPSA) is 189 Å². The SMILES string of the molecule is O=C(OC(=O)C1C2COC(C2)C1C(=O)OC(=O)C1C2COC(C2)C1C(=O)O)C1C2COC(C2)C1C(=O)O. The Labute approximate surface area is 209 Å². The van der Waals surface area contributed by atoms with Crippen molar-refractivity contribution in [2.75, 3.05) is 19.8 Å². The highest BCUT2D eigenvalue weighted by atomic mass is 16.6. The number of aliphatic carboxylic acids is 2. The van der Waals surface area contributed by atoms with E-state index in [1.165, 1.54) is 0 Å². The van der Waals surface area contributed by atoms with Gasteiger partial charge in [-0.05, 0) is 37.0 Å². The third-order valence-corrected chi connectivity index (χ3v) is 9.13. The Balaban J connectivity index is 1.14. The first kappa shape index (κ1) is 24.4. The molecule has 12 atom stereocenters. The summed E-state index contributed by atoms with van der Waals surface area (Å²) in [4.78, 5) is 75.4. The van der Waals surface area contributed by atoms with Gasteiger partial charge in [-0.3, -0.25) is 28.8 Å². The van der Waals surface area contributed by atoms with E-state index in [1.54, 1.807) is 0 Å². The number of carboxylic acid groups (broad SMARTS) is 2. The zero-order chi connectivity index (χ0) is 26.2. The monoisotopic (exact) mass is 522 g/mol. The zero-order valence-corrected chi connectivity index (χ0v) is 19.6. The summed E-state index contributed by atoms with van der Waals surface area (Å²) in [6, 6.07) is 0. The van der Waals surface area contributed by atoms with E-state index in [-0.39, 0.29) is 31.7 Å². The van der Waals surface area contributed by atoms with E-state index >= 15 is 0 Å². The molecule has 0 aromatic heterocycles. The largest absolute Gasteiger partial charge is 0.481 e. The minimum Gasteiger partial charge on any atom is -0.481 e. The van der Waals surface area contributed by atoms with Gasteiger partial charge in [-0.2, -0.15) is 0 Å². The number of fused-ring (bicyclic) bond motifs is 6. The van der Waals surface area contributed by atoms with E-state index in [0.717, 1.165) is 0 Å². The van der Waals surface area contributed by atoms with E-state index in [2.05, 4.69) is 0 Å². The summed E-state index contributed by atoms with van der Waals surface area (Å²) in [7, 11) is 0. The van der Waals surface area contributed by atoms with Crippen molar-refractivity contribution in [2.45, 2.75) is 37.6 Å². The molecule has 3 saturated heterocycles. The van der Waals surface area contributed by atoms with Crippen LogP contribution in [-0.4, -0.2) is 84.2 Å². The molecule has 3 saturated carbocycles. The Morgan fingerprint density at radius 1 is 0.486 bits per heavy atom. The van der Waals surface area contributed by atoms with Crippen LogP contribution in [0.25, 0.3) is 0 Å². The smallest absolute Gasteiger partial charge is 0.320 e. The van der Waals surface area contributed by atoms with Gasteiger partial charge in [-0.25, -0.2) is 0 Å². The number of esters is 4. The van der Waals surface area contributed by atoms with E-state index in [1.807, 2.05) is 0 Å². The van der Waals surface area contributed by atoms with Gasteiger partial charge in [0.2, 0.25) is 0 Å². The van der Waals surface area contributed by atoms with Crippen molar-refractivity contribution in [1.82, 2.24) is 0 Å². The Hall–Kier alpha value is -2.90. The predicted octanol–water partition coefficient (Wildman–Crippen LogP) is -0.751. The van der Waals surface area contributed by atoms with Crippen molar-refractivity contribution in [3.63, 3.8) is 0 Å². The molecule has 0 aromatic rings. The molecule has 13 heteroatoms. The minimum absolute atomic E-state index is 0.154. The summed E-state index contributed by atoms with van der Waals surface area (Å²) < 4.78 is 26.6. The second-order valence-corrected chi connectivity index (χ2v) is 10.9. The zero-order valence-electron chi connectivity index (χ0n) is 19.6. The van der Waals surface area contributed by atoms with Gasteiger partial charge in [0.15, 0.2) is 0 Å². The molecule has 3 aliphatic carbocycles. The maximum atomic E-state index is 13.1. The lowest BCUT2D eigenvalue weighted by Crippen LogP contribution is -2.46. The van der Waals surface area contributed by atoms with E-state index in [0.29, 0.717) is 19.3 Å². The first-order valence-electron chi connectivity index (χ1n) is 12.5. The van der Waals surface area contributed by atoms with Crippen LogP contribution in [0.4, 0.5) is 0 Å². The molecular formula is C24H26O13. The van der Waals surface area contributed by atoms with Gasteiger partial charge in [-0.15, -0.1) is 0 Å². The van der Waals surface area contributed by atoms with Crippen molar-refractivity contribution >= 4 is 35.8 Å². The fraction of sp³-hybridized carbons (Fsp3) is 0.750. The number of carbonyl (C=O) groups is 6. The number of hydrogen-bond acceptors (Lipinski definition) is 11. The van der Waals surface area contributed by atoms with Crippen LogP contribution < -0.4 is 0 Å². The molecule has 0 spiro atoms. The lowest BCUT2D eigenvalue weighted by Gasteiger charge is -2.30. The van der Waals surface area contributed by atoms with Gasteiger partial charge in [0.05, 0.1) is 73.6 Å². The Kier molecular flexibility index (Phi) is 5.84. The Bertz CT molecular complexity index is 987. The molecule has 2 N–H and O–H groups in total. The van der Waals surface area contributed by atoms with Crippen molar-refractivity contribution in [3.8, 4) is 0 Å². The van der Waals surface area contributed by atoms with Gasteiger partial charge in [0.25, 0.3) is 0 Å². The molecule has 6 bridgehead atoms. The highest BCUT2D eigenvalue weighted by Gasteiger charge is 2.61. The molecule has 200 valence electrons. The minimum atomic E-state index is -1.21. The molecule has 13 nitrogen and oxygen atoms in total. The molecule has 0 aromatic carbocycles. The van der Waals surface area contributed by atoms with Crippen LogP contribution >= 0.6 is 0 Å². The summed E-state index contributed by atoms with van der Waals surface area (Å²) in [5, 5.41) is 19.1. The highest BCUT2D eigenvalue weighted by molar-refractivity contribution is 5.96. The second-order valence-electron chi connectivity index (χ2n) is 10.9. The van der Waals surface area contributed by atoms with Crippen LogP contribution in [0.2, 0.25) is 0 Å². The Morgan fingerprint density at radius 2 is 0.784 bits per heavy atom. The van der Waals surface area contributed by atoms with Gasteiger partial charge in [-0.1, -0.05) is 0 Å². The standard InChI is InChI=1S/C24H26O13/c25-19(26)16-10-1-7(4-33-10)13(16)21(29)36-23(31)15-9-3-12(35-6-9)18(15)24(32)37-22(30)14-8-2-11(34-5-8)17(14)20(27)28/h7-18H,1-6H2,(H,25,26)(H,27,28). The van der Waals surface area contributed by atoms with Gasteiger partial charge in [0.1, 0.15) is 0 Å². The van der Waals surface area contributed by atoms with E-state index in [4.69, 9.17) is 23.7 Å². The lowest BCUT2D eigenvalue weighted by molar-refractivity contribution is -0.185. The van der Waals surface area contributed by atoms with E-state index < -0.39 is 95.6 Å². The molecule has 3 aliphatic heterocycles. The molecule has 37 heavy (non-hydrogen) atoms. The van der Waals surface area contributed by atoms with Gasteiger partial charge >= 0.3 is 35.8 Å². The molecule has 0 radical (unpaired) electrons. The molecular weight excluding hydrogens is 496 g/mol. The van der Waals surface area contributed by atoms with Crippen LogP contribution in [0, 0.1) is 53.3 Å². The first-order valence-corrected chi connectivity index (χ1v) is 12.5. The normalized spacial score (nSPS) is 44.6. The van der Waals surface area contributed by atoms with Crippen LogP contribution in [0.15, 0.2) is 0 Å². The number of hydrogen-bond donors (Lipinski definition) is 2. The average molecular weight is 522 g/mol. The quantitative estimate of drug-likeness (QED) is 0.328. The molecule has 3 heterocycles. The average Bonchev–Trinajstić information content (AvgIpc) is 3.69. The molecule has 6 rings (SSSR count). The van der Waals surface area contributed by atoms with Crippen molar-refractivity contribution < 1.29 is 62.7 Å². The lowest BCUT2D eigenvalue weighted by atomic mass is 9.86. The third kappa shape index (κ3) is 3.77. The van der Waals surface area contributed by atoms with Crippen LogP contribution in [-0.2, 0) is 52.5 Å². The first-order chi connectivity index (χ1) is 17.7. The van der Waals surface area contributed by atoms with Gasteiger partial charge in [0, 0.05) is 0 Å². The van der Waals surface area contributed by atoms with Crippen LogP contribution in [0.3, 0.4) is 0 Å². The Morgan fingerprint density at radius 3 is 1.14 bits per heavy atom. The summed E-state index contributed by atoms with van der Waals surface area (Å²) in [6.45, 7) is 0.551. The van der Waals surface area contributed by atoms with Crippen molar-refractivity contribution in [3.05, 3.63) is 0 Å². The summed E-state index contributed by atoms with van der Waals surface area (Å²) in [5.41, 5.74) is 0. The van der Waals surface area contributed by atoms with Crippen LogP contribution in [0.1, 0.15) is 19.3 Å².